The fourth-order valence-corrected chi connectivity index (χ4v) is 4.04. The average Bonchev–Trinajstić information content (AvgIpc) is 3.21. The zero-order valence-electron chi connectivity index (χ0n) is 17.5. The standard InChI is InChI=1S/C23H28FN5O.HI/c24-20-7-9-21(10-8-20)27-12-14-28(15-13-27)23(25)26-11-3-6-22(30)29-16-18-4-1-2-5-19(18)17-29;/h1-2,4-5,7-10H,3,6,11-17H2,(H2,25,26);1H. The zero-order valence-corrected chi connectivity index (χ0v) is 19.9. The summed E-state index contributed by atoms with van der Waals surface area (Å²) < 4.78 is 13.1. The van der Waals surface area contributed by atoms with Crippen LogP contribution in [0.1, 0.15) is 24.0 Å². The number of carbonyl (C=O) groups is 1. The van der Waals surface area contributed by atoms with E-state index in [1.807, 2.05) is 17.0 Å². The van der Waals surface area contributed by atoms with Crippen LogP contribution in [-0.2, 0) is 17.9 Å². The zero-order chi connectivity index (χ0) is 20.9. The summed E-state index contributed by atoms with van der Waals surface area (Å²) in [7, 11) is 0. The van der Waals surface area contributed by atoms with Crippen molar-refractivity contribution in [3.63, 3.8) is 0 Å². The van der Waals surface area contributed by atoms with E-state index in [9.17, 15) is 9.18 Å². The smallest absolute Gasteiger partial charge is 0.223 e. The number of hydrogen-bond donors (Lipinski definition) is 1. The predicted octanol–water partition coefficient (Wildman–Crippen LogP) is 3.20. The van der Waals surface area contributed by atoms with Gasteiger partial charge in [0.05, 0.1) is 0 Å². The van der Waals surface area contributed by atoms with Crippen LogP contribution in [-0.4, -0.2) is 54.4 Å². The van der Waals surface area contributed by atoms with E-state index >= 15 is 0 Å². The summed E-state index contributed by atoms with van der Waals surface area (Å²) in [6.45, 7) is 5.15. The Kier molecular flexibility index (Phi) is 8.11. The number of hydrogen-bond acceptors (Lipinski definition) is 3. The maximum Gasteiger partial charge on any atom is 0.223 e. The number of guanidine groups is 1. The number of halogens is 2. The molecule has 1 saturated heterocycles. The summed E-state index contributed by atoms with van der Waals surface area (Å²) in [6, 6.07) is 14.8. The van der Waals surface area contributed by atoms with Gasteiger partial charge in [0.25, 0.3) is 0 Å². The topological polar surface area (TPSA) is 65.2 Å². The van der Waals surface area contributed by atoms with Crippen LogP contribution in [0.25, 0.3) is 0 Å². The minimum Gasteiger partial charge on any atom is -0.370 e. The Bertz CT molecular complexity index is 887. The Morgan fingerprint density at radius 3 is 2.16 bits per heavy atom. The van der Waals surface area contributed by atoms with Crippen molar-refractivity contribution in [1.82, 2.24) is 9.80 Å². The molecule has 1 amide bonds. The Hall–Kier alpha value is -2.36. The second-order valence-corrected chi connectivity index (χ2v) is 7.81. The second-order valence-electron chi connectivity index (χ2n) is 7.81. The van der Waals surface area contributed by atoms with E-state index in [1.54, 1.807) is 12.1 Å². The van der Waals surface area contributed by atoms with Crippen LogP contribution < -0.4 is 10.6 Å². The van der Waals surface area contributed by atoms with E-state index < -0.39 is 0 Å². The molecular weight excluding hydrogens is 508 g/mol. The maximum absolute atomic E-state index is 13.1. The summed E-state index contributed by atoms with van der Waals surface area (Å²) in [6.07, 6.45) is 1.19. The molecule has 0 bridgehead atoms. The first-order chi connectivity index (χ1) is 14.6. The van der Waals surface area contributed by atoms with Crippen molar-refractivity contribution in [3.05, 3.63) is 65.5 Å². The third kappa shape index (κ3) is 5.87. The molecule has 2 aliphatic heterocycles. The van der Waals surface area contributed by atoms with E-state index in [0.29, 0.717) is 38.4 Å². The van der Waals surface area contributed by atoms with Crippen LogP contribution >= 0.6 is 24.0 Å². The van der Waals surface area contributed by atoms with Crippen LogP contribution in [0.5, 0.6) is 0 Å². The molecule has 31 heavy (non-hydrogen) atoms. The van der Waals surface area contributed by atoms with Crippen LogP contribution in [0.2, 0.25) is 0 Å². The molecule has 0 unspecified atom stereocenters. The lowest BCUT2D eigenvalue weighted by Gasteiger charge is -2.36. The summed E-state index contributed by atoms with van der Waals surface area (Å²) >= 11 is 0. The molecule has 0 aromatic heterocycles. The monoisotopic (exact) mass is 537 g/mol. The predicted molar refractivity (Wildman–Crippen MR) is 132 cm³/mol. The fraction of sp³-hybridized carbons (Fsp3) is 0.391. The minimum atomic E-state index is -0.221. The van der Waals surface area contributed by atoms with Crippen molar-refractivity contribution in [3.8, 4) is 0 Å². The molecule has 2 aromatic rings. The van der Waals surface area contributed by atoms with Crippen molar-refractivity contribution in [2.24, 2.45) is 10.7 Å². The van der Waals surface area contributed by atoms with Crippen LogP contribution in [0, 0.1) is 5.82 Å². The number of carbonyl (C=O) groups excluding carboxylic acids is 1. The molecule has 0 spiro atoms. The maximum atomic E-state index is 13.1. The molecule has 0 radical (unpaired) electrons. The number of benzene rings is 2. The van der Waals surface area contributed by atoms with E-state index in [-0.39, 0.29) is 35.7 Å². The molecule has 1 fully saturated rings. The molecule has 6 nitrogen and oxygen atoms in total. The SMILES string of the molecule is I.NC(=NCCCC(=O)N1Cc2ccccc2C1)N1CCN(c2ccc(F)cc2)CC1. The van der Waals surface area contributed by atoms with Crippen molar-refractivity contribution in [1.29, 1.82) is 0 Å². The molecule has 8 heteroatoms. The third-order valence-electron chi connectivity index (χ3n) is 5.81. The number of piperazine rings is 1. The van der Waals surface area contributed by atoms with Gasteiger partial charge < -0.3 is 20.4 Å². The molecule has 2 aromatic carbocycles. The fourth-order valence-electron chi connectivity index (χ4n) is 4.04. The summed E-state index contributed by atoms with van der Waals surface area (Å²) in [5, 5.41) is 0. The van der Waals surface area contributed by atoms with Crippen LogP contribution in [0.4, 0.5) is 10.1 Å². The summed E-state index contributed by atoms with van der Waals surface area (Å²) in [5.74, 6) is 0.490. The Morgan fingerprint density at radius 1 is 0.935 bits per heavy atom. The van der Waals surface area contributed by atoms with Gasteiger partial charge in [-0.1, -0.05) is 24.3 Å². The van der Waals surface area contributed by atoms with Crippen molar-refractivity contribution < 1.29 is 9.18 Å². The number of rotatable bonds is 5. The van der Waals surface area contributed by atoms with Crippen LogP contribution in [0.3, 0.4) is 0 Å². The highest BCUT2D eigenvalue weighted by Crippen LogP contribution is 2.23. The molecule has 2 aliphatic rings. The third-order valence-corrected chi connectivity index (χ3v) is 5.81. The molecular formula is C23H29FIN5O. The normalized spacial score (nSPS) is 16.2. The van der Waals surface area contributed by atoms with Crippen molar-refractivity contribution in [2.45, 2.75) is 25.9 Å². The van der Waals surface area contributed by atoms with Gasteiger partial charge in [-0.3, -0.25) is 9.79 Å². The summed E-state index contributed by atoms with van der Waals surface area (Å²) in [5.41, 5.74) is 9.67. The van der Waals surface area contributed by atoms with E-state index in [4.69, 9.17) is 5.73 Å². The van der Waals surface area contributed by atoms with Gasteiger partial charge in [-0.05, 0) is 41.8 Å². The molecule has 166 valence electrons. The number of amides is 1. The van der Waals surface area contributed by atoms with Gasteiger partial charge in [-0.15, -0.1) is 24.0 Å². The van der Waals surface area contributed by atoms with Crippen molar-refractivity contribution >= 4 is 41.5 Å². The Balaban J connectivity index is 0.00000272. The first-order valence-electron chi connectivity index (χ1n) is 10.5. The van der Waals surface area contributed by atoms with Gasteiger partial charge in [0.1, 0.15) is 5.82 Å². The Labute approximate surface area is 199 Å². The average molecular weight is 537 g/mol. The first kappa shape index (κ1) is 23.3. The molecule has 0 aliphatic carbocycles. The van der Waals surface area contributed by atoms with Gasteiger partial charge >= 0.3 is 0 Å². The van der Waals surface area contributed by atoms with Crippen LogP contribution in [0.15, 0.2) is 53.5 Å². The lowest BCUT2D eigenvalue weighted by atomic mass is 10.1. The quantitative estimate of drug-likeness (QED) is 0.276. The molecule has 2 heterocycles. The first-order valence-corrected chi connectivity index (χ1v) is 10.5. The highest BCUT2D eigenvalue weighted by atomic mass is 127. The lowest BCUT2D eigenvalue weighted by molar-refractivity contribution is -0.131. The molecule has 2 N–H and O–H groups in total. The van der Waals surface area contributed by atoms with E-state index in [1.165, 1.54) is 23.3 Å². The van der Waals surface area contributed by atoms with Gasteiger partial charge in [0, 0.05) is 57.9 Å². The summed E-state index contributed by atoms with van der Waals surface area (Å²) in [4.78, 5) is 23.1. The largest absolute Gasteiger partial charge is 0.370 e. The molecule has 0 atom stereocenters. The Morgan fingerprint density at radius 2 is 1.55 bits per heavy atom. The van der Waals surface area contributed by atoms with E-state index in [2.05, 4.69) is 26.9 Å². The number of anilines is 1. The van der Waals surface area contributed by atoms with Crippen molar-refractivity contribution in [2.75, 3.05) is 37.6 Å². The van der Waals surface area contributed by atoms with Gasteiger partial charge in [-0.25, -0.2) is 4.39 Å². The minimum absolute atomic E-state index is 0. The number of aliphatic imine (C=N–C) groups is 1. The number of nitrogens with two attached hydrogens (primary N) is 1. The van der Waals surface area contributed by atoms with Gasteiger partial charge in [0.15, 0.2) is 5.96 Å². The van der Waals surface area contributed by atoms with Gasteiger partial charge in [-0.2, -0.15) is 0 Å². The second kappa shape index (κ2) is 10.8. The van der Waals surface area contributed by atoms with Gasteiger partial charge in [0.2, 0.25) is 5.91 Å². The lowest BCUT2D eigenvalue weighted by Crippen LogP contribution is -2.51. The number of nitrogens with zero attached hydrogens (tertiary/aromatic N) is 4. The number of fused-ring (bicyclic) bond motifs is 1. The highest BCUT2D eigenvalue weighted by molar-refractivity contribution is 14.0. The molecule has 0 saturated carbocycles. The highest BCUT2D eigenvalue weighted by Gasteiger charge is 2.22. The molecule has 4 rings (SSSR count). The van der Waals surface area contributed by atoms with E-state index in [0.717, 1.165) is 31.9 Å².